The van der Waals surface area contributed by atoms with E-state index < -0.39 is 0 Å². The van der Waals surface area contributed by atoms with E-state index in [4.69, 9.17) is 9.97 Å². The summed E-state index contributed by atoms with van der Waals surface area (Å²) in [6, 6.07) is 61.3. The van der Waals surface area contributed by atoms with Crippen molar-refractivity contribution in [2.24, 2.45) is 0 Å². The molecule has 3 heterocycles. The molecule has 0 bridgehead atoms. The van der Waals surface area contributed by atoms with E-state index in [1.807, 2.05) is 17.4 Å². The Morgan fingerprint density at radius 2 is 0.882 bits per heavy atom. The summed E-state index contributed by atoms with van der Waals surface area (Å²) in [5.74, 6) is 0. The Kier molecular flexibility index (Phi) is 6.16. The molecule has 2 nitrogen and oxygen atoms in total. The SMILES string of the molecule is c1ccc(-c2ccc3ccc4ccc(-c5ccc(-c6cc7ccc8sc9ccccc9c8c7c7ccccc67)c6ccccc56)nc4c3n2)cc1. The first-order chi connectivity index (χ1) is 25.3. The zero-order chi connectivity index (χ0) is 33.5. The number of fused-ring (bicyclic) bond motifs is 11. The summed E-state index contributed by atoms with van der Waals surface area (Å²) in [5, 5.41) is 12.4. The highest BCUT2D eigenvalue weighted by atomic mass is 32.1. The fraction of sp³-hybridized carbons (Fsp3) is 0. The fourth-order valence-corrected chi connectivity index (χ4v) is 9.19. The third-order valence-corrected chi connectivity index (χ3v) is 11.6. The molecule has 3 aromatic heterocycles. The Morgan fingerprint density at radius 3 is 1.65 bits per heavy atom. The second-order valence-electron chi connectivity index (χ2n) is 13.3. The maximum atomic E-state index is 5.34. The van der Waals surface area contributed by atoms with Crippen LogP contribution in [0.15, 0.2) is 170 Å². The van der Waals surface area contributed by atoms with Crippen molar-refractivity contribution in [3.8, 4) is 33.6 Å². The van der Waals surface area contributed by atoms with Crippen LogP contribution in [0.1, 0.15) is 0 Å². The molecule has 0 aliphatic rings. The molecule has 0 amide bonds. The van der Waals surface area contributed by atoms with Crippen LogP contribution < -0.4 is 0 Å². The molecule has 0 fully saturated rings. The molecule has 236 valence electrons. The van der Waals surface area contributed by atoms with E-state index in [0.717, 1.165) is 44.3 Å². The molecule has 3 heteroatoms. The third-order valence-electron chi connectivity index (χ3n) is 10.4. The van der Waals surface area contributed by atoms with Crippen molar-refractivity contribution in [2.45, 2.75) is 0 Å². The lowest BCUT2D eigenvalue weighted by atomic mass is 9.88. The summed E-state index contributed by atoms with van der Waals surface area (Å²) in [4.78, 5) is 10.5. The van der Waals surface area contributed by atoms with Crippen LogP contribution in [0.5, 0.6) is 0 Å². The lowest BCUT2D eigenvalue weighted by Gasteiger charge is -2.16. The van der Waals surface area contributed by atoms with Crippen LogP contribution >= 0.6 is 11.3 Å². The highest BCUT2D eigenvalue weighted by Gasteiger charge is 2.18. The van der Waals surface area contributed by atoms with Crippen LogP contribution in [-0.2, 0) is 0 Å². The van der Waals surface area contributed by atoms with Gasteiger partial charge in [-0.3, -0.25) is 0 Å². The molecule has 0 aliphatic carbocycles. The molecule has 0 spiro atoms. The second-order valence-corrected chi connectivity index (χ2v) is 14.4. The highest BCUT2D eigenvalue weighted by molar-refractivity contribution is 7.26. The molecule has 11 rings (SSSR count). The molecule has 0 unspecified atom stereocenters. The van der Waals surface area contributed by atoms with E-state index in [0.29, 0.717) is 0 Å². The molecule has 0 saturated heterocycles. The number of benzene rings is 8. The van der Waals surface area contributed by atoms with E-state index in [9.17, 15) is 0 Å². The molecule has 0 saturated carbocycles. The molecular formula is C48H28N2S. The van der Waals surface area contributed by atoms with Crippen molar-refractivity contribution in [2.75, 3.05) is 0 Å². The standard InChI is InChI=1S/C48H28N2S/c1-2-10-29(11-3-1)41-25-20-30-18-19-31-21-26-42(50-48(31)47(30)49-41)37-24-23-36(33-12-4-5-13-34(33)37)40-28-32-22-27-44-46(39-16-8-9-17-43(39)51-44)45(32)38-15-7-6-14-35(38)40/h1-28H. The van der Waals surface area contributed by atoms with Gasteiger partial charge < -0.3 is 0 Å². The largest absolute Gasteiger partial charge is 0.245 e. The van der Waals surface area contributed by atoms with Gasteiger partial charge in [-0.1, -0.05) is 140 Å². The first kappa shape index (κ1) is 28.4. The summed E-state index contributed by atoms with van der Waals surface area (Å²) >= 11 is 1.88. The van der Waals surface area contributed by atoms with Crippen LogP contribution in [-0.4, -0.2) is 9.97 Å². The van der Waals surface area contributed by atoms with E-state index in [2.05, 4.69) is 164 Å². The Labute approximate surface area is 297 Å². The molecule has 11 aromatic rings. The van der Waals surface area contributed by atoms with E-state index >= 15 is 0 Å². The van der Waals surface area contributed by atoms with Gasteiger partial charge in [-0.15, -0.1) is 11.3 Å². The predicted octanol–water partition coefficient (Wildman–Crippen LogP) is 13.6. The van der Waals surface area contributed by atoms with Crippen LogP contribution in [0, 0.1) is 0 Å². The highest BCUT2D eigenvalue weighted by Crippen LogP contribution is 2.45. The van der Waals surface area contributed by atoms with E-state index in [1.54, 1.807) is 0 Å². The monoisotopic (exact) mass is 664 g/mol. The quantitative estimate of drug-likeness (QED) is 0.176. The van der Waals surface area contributed by atoms with Gasteiger partial charge in [0.25, 0.3) is 0 Å². The van der Waals surface area contributed by atoms with E-state index in [1.165, 1.54) is 63.6 Å². The van der Waals surface area contributed by atoms with Gasteiger partial charge in [0.1, 0.15) is 0 Å². The number of nitrogens with zero attached hydrogens (tertiary/aromatic N) is 2. The molecule has 0 N–H and O–H groups in total. The van der Waals surface area contributed by atoms with Gasteiger partial charge in [0.15, 0.2) is 0 Å². The zero-order valence-corrected chi connectivity index (χ0v) is 28.3. The van der Waals surface area contributed by atoms with Crippen molar-refractivity contribution in [3.63, 3.8) is 0 Å². The van der Waals surface area contributed by atoms with Crippen molar-refractivity contribution >= 4 is 85.6 Å². The van der Waals surface area contributed by atoms with E-state index in [-0.39, 0.29) is 0 Å². The summed E-state index contributed by atoms with van der Waals surface area (Å²) < 4.78 is 2.66. The summed E-state index contributed by atoms with van der Waals surface area (Å²) in [5.41, 5.74) is 8.42. The van der Waals surface area contributed by atoms with Crippen molar-refractivity contribution in [1.82, 2.24) is 9.97 Å². The summed E-state index contributed by atoms with van der Waals surface area (Å²) in [7, 11) is 0. The summed E-state index contributed by atoms with van der Waals surface area (Å²) in [6.45, 7) is 0. The Bertz CT molecular complexity index is 3190. The fourth-order valence-electron chi connectivity index (χ4n) is 8.08. The first-order valence-electron chi connectivity index (χ1n) is 17.3. The van der Waals surface area contributed by atoms with Crippen molar-refractivity contribution < 1.29 is 0 Å². The Balaban J connectivity index is 1.13. The van der Waals surface area contributed by atoms with Gasteiger partial charge in [0.05, 0.1) is 22.4 Å². The number of pyridine rings is 2. The minimum absolute atomic E-state index is 0.920. The minimum atomic E-state index is 0.920. The average Bonchev–Trinajstić information content (AvgIpc) is 3.59. The van der Waals surface area contributed by atoms with Crippen LogP contribution in [0.4, 0.5) is 0 Å². The molecule has 0 atom stereocenters. The van der Waals surface area contributed by atoms with Gasteiger partial charge >= 0.3 is 0 Å². The zero-order valence-electron chi connectivity index (χ0n) is 27.5. The first-order valence-corrected chi connectivity index (χ1v) is 18.1. The predicted molar refractivity (Wildman–Crippen MR) is 219 cm³/mol. The Hall–Kier alpha value is -6.42. The number of thiophene rings is 1. The van der Waals surface area contributed by atoms with Gasteiger partial charge in [0.2, 0.25) is 0 Å². The lowest BCUT2D eigenvalue weighted by Crippen LogP contribution is -1.92. The number of hydrogen-bond acceptors (Lipinski definition) is 3. The van der Waals surface area contributed by atoms with Crippen molar-refractivity contribution in [1.29, 1.82) is 0 Å². The maximum absolute atomic E-state index is 5.34. The van der Waals surface area contributed by atoms with Crippen LogP contribution in [0.2, 0.25) is 0 Å². The average molecular weight is 665 g/mol. The van der Waals surface area contributed by atoms with Gasteiger partial charge in [-0.05, 0) is 73.8 Å². The minimum Gasteiger partial charge on any atom is -0.245 e. The second kappa shape index (κ2) is 11.0. The van der Waals surface area contributed by atoms with Crippen LogP contribution in [0.3, 0.4) is 0 Å². The molecular weight excluding hydrogens is 637 g/mol. The smallest absolute Gasteiger partial charge is 0.0972 e. The lowest BCUT2D eigenvalue weighted by molar-refractivity contribution is 1.37. The third kappa shape index (κ3) is 4.35. The van der Waals surface area contributed by atoms with Gasteiger partial charge in [-0.25, -0.2) is 9.97 Å². The van der Waals surface area contributed by atoms with Gasteiger partial charge in [-0.2, -0.15) is 0 Å². The van der Waals surface area contributed by atoms with Gasteiger partial charge in [0, 0.05) is 42.1 Å². The number of hydrogen-bond donors (Lipinski definition) is 0. The normalized spacial score (nSPS) is 11.9. The molecule has 51 heavy (non-hydrogen) atoms. The maximum Gasteiger partial charge on any atom is 0.0972 e. The molecule has 0 aliphatic heterocycles. The van der Waals surface area contributed by atoms with Crippen molar-refractivity contribution in [3.05, 3.63) is 170 Å². The number of rotatable bonds is 3. The summed E-state index contributed by atoms with van der Waals surface area (Å²) in [6.07, 6.45) is 0. The molecule has 0 radical (unpaired) electrons. The number of aromatic nitrogens is 2. The topological polar surface area (TPSA) is 25.8 Å². The molecule has 8 aromatic carbocycles. The van der Waals surface area contributed by atoms with Crippen LogP contribution in [0.25, 0.3) is 108 Å². The Morgan fingerprint density at radius 1 is 0.333 bits per heavy atom.